The predicted octanol–water partition coefficient (Wildman–Crippen LogP) is 3.35. The molecule has 2 N–H and O–H groups in total. The first kappa shape index (κ1) is 20.5. The predicted molar refractivity (Wildman–Crippen MR) is 103 cm³/mol. The highest BCUT2D eigenvalue weighted by molar-refractivity contribution is 5.95. The van der Waals surface area contributed by atoms with Crippen molar-refractivity contribution in [1.82, 2.24) is 10.2 Å². The van der Waals surface area contributed by atoms with Crippen molar-refractivity contribution in [2.45, 2.75) is 46.1 Å². The van der Waals surface area contributed by atoms with Crippen LogP contribution in [0, 0.1) is 0 Å². The molecule has 1 aliphatic rings. The fourth-order valence-electron chi connectivity index (χ4n) is 3.15. The molecular formula is C20H27N3O4. The van der Waals surface area contributed by atoms with Crippen LogP contribution in [0.25, 0.3) is 0 Å². The molecule has 0 aliphatic carbocycles. The zero-order valence-corrected chi connectivity index (χ0v) is 16.3. The van der Waals surface area contributed by atoms with Crippen molar-refractivity contribution in [2.75, 3.05) is 19.0 Å². The van der Waals surface area contributed by atoms with E-state index in [0.717, 1.165) is 12.8 Å². The van der Waals surface area contributed by atoms with Crippen LogP contribution in [-0.4, -0.2) is 36.5 Å². The van der Waals surface area contributed by atoms with Gasteiger partial charge < -0.3 is 15.4 Å². The maximum absolute atomic E-state index is 12.5. The lowest BCUT2D eigenvalue weighted by Gasteiger charge is -2.35. The number of allylic oxidation sites excluding steroid dienone is 1. The van der Waals surface area contributed by atoms with E-state index in [1.165, 1.54) is 7.11 Å². The smallest absolute Gasteiger partial charge is 0.337 e. The summed E-state index contributed by atoms with van der Waals surface area (Å²) in [7, 11) is 1.32. The van der Waals surface area contributed by atoms with Gasteiger partial charge in [-0.15, -0.1) is 0 Å². The topological polar surface area (TPSA) is 87.7 Å². The van der Waals surface area contributed by atoms with E-state index >= 15 is 0 Å². The summed E-state index contributed by atoms with van der Waals surface area (Å²) in [4.78, 5) is 38.4. The first-order valence-electron chi connectivity index (χ1n) is 9.19. The van der Waals surface area contributed by atoms with Gasteiger partial charge in [0, 0.05) is 24.4 Å². The molecule has 0 radical (unpaired) electrons. The summed E-state index contributed by atoms with van der Waals surface area (Å²) in [5.41, 5.74) is 2.30. The van der Waals surface area contributed by atoms with Gasteiger partial charge in [0.25, 0.3) is 0 Å². The van der Waals surface area contributed by atoms with Crippen LogP contribution in [0.5, 0.6) is 0 Å². The third-order valence-corrected chi connectivity index (χ3v) is 4.43. The fourth-order valence-corrected chi connectivity index (χ4v) is 3.15. The van der Waals surface area contributed by atoms with Gasteiger partial charge in [-0.1, -0.05) is 26.0 Å². The number of urea groups is 1. The van der Waals surface area contributed by atoms with Crippen molar-refractivity contribution < 1.29 is 19.1 Å². The summed E-state index contributed by atoms with van der Waals surface area (Å²) in [6.45, 7) is 6.16. The third kappa shape index (κ3) is 4.67. The molecule has 0 saturated heterocycles. The molecule has 1 heterocycles. The average Bonchev–Trinajstić information content (AvgIpc) is 2.64. The lowest BCUT2D eigenvalue weighted by Crippen LogP contribution is -2.48. The maximum Gasteiger partial charge on any atom is 0.337 e. The van der Waals surface area contributed by atoms with Crippen molar-refractivity contribution in [2.24, 2.45) is 0 Å². The Balaban J connectivity index is 2.42. The molecule has 1 aliphatic heterocycles. The number of nitrogens with one attached hydrogen (secondary N) is 2. The Hall–Kier alpha value is -2.83. The first-order chi connectivity index (χ1) is 12.9. The van der Waals surface area contributed by atoms with Gasteiger partial charge in [0.15, 0.2) is 0 Å². The molecule has 0 saturated carbocycles. The van der Waals surface area contributed by atoms with Crippen LogP contribution in [0.4, 0.5) is 10.5 Å². The van der Waals surface area contributed by atoms with E-state index < -0.39 is 12.0 Å². The van der Waals surface area contributed by atoms with E-state index in [1.807, 2.05) is 19.9 Å². The molecule has 1 aromatic carbocycles. The van der Waals surface area contributed by atoms with Gasteiger partial charge in [0.2, 0.25) is 5.91 Å². The van der Waals surface area contributed by atoms with Gasteiger partial charge in [0.05, 0.1) is 18.7 Å². The Morgan fingerprint density at radius 1 is 1.26 bits per heavy atom. The number of carbonyl (C=O) groups is 3. The standard InChI is InChI=1S/C20H27N3O4/c1-5-8-16(24)21-15-10-7-9-14(12-15)18-17(19(25)27-4)13(3)23(11-6-2)20(26)22-18/h7,9-10,12,18H,5-6,8,11H2,1-4H3,(H,21,24)(H,22,26). The number of amides is 3. The molecule has 1 aromatic rings. The van der Waals surface area contributed by atoms with Crippen LogP contribution in [0.2, 0.25) is 0 Å². The molecule has 0 spiro atoms. The van der Waals surface area contributed by atoms with Crippen LogP contribution >= 0.6 is 0 Å². The summed E-state index contributed by atoms with van der Waals surface area (Å²) in [5.74, 6) is -0.560. The summed E-state index contributed by atoms with van der Waals surface area (Å²) in [6.07, 6.45) is 1.96. The van der Waals surface area contributed by atoms with Gasteiger partial charge in [0.1, 0.15) is 0 Å². The number of anilines is 1. The third-order valence-electron chi connectivity index (χ3n) is 4.43. The van der Waals surface area contributed by atoms with Crippen LogP contribution in [-0.2, 0) is 14.3 Å². The van der Waals surface area contributed by atoms with Gasteiger partial charge in [-0.2, -0.15) is 0 Å². The molecule has 146 valence electrons. The summed E-state index contributed by atoms with van der Waals surface area (Å²) in [6, 6.07) is 6.25. The number of hydrogen-bond acceptors (Lipinski definition) is 4. The number of methoxy groups -OCH3 is 1. The molecule has 3 amide bonds. The van der Waals surface area contributed by atoms with Crippen LogP contribution in [0.1, 0.15) is 51.6 Å². The lowest BCUT2D eigenvalue weighted by molar-refractivity contribution is -0.136. The zero-order chi connectivity index (χ0) is 20.0. The molecule has 0 bridgehead atoms. The summed E-state index contributed by atoms with van der Waals surface area (Å²) < 4.78 is 4.96. The van der Waals surface area contributed by atoms with Gasteiger partial charge >= 0.3 is 12.0 Å². The van der Waals surface area contributed by atoms with E-state index in [2.05, 4.69) is 10.6 Å². The Kier molecular flexibility index (Phi) is 6.98. The average molecular weight is 373 g/mol. The fraction of sp³-hybridized carbons (Fsp3) is 0.450. The van der Waals surface area contributed by atoms with E-state index in [-0.39, 0.29) is 11.9 Å². The quantitative estimate of drug-likeness (QED) is 0.718. The first-order valence-corrected chi connectivity index (χ1v) is 9.19. The van der Waals surface area contributed by atoms with Crippen molar-refractivity contribution >= 4 is 23.6 Å². The second-order valence-corrected chi connectivity index (χ2v) is 6.45. The number of carbonyl (C=O) groups excluding carboxylic acids is 3. The number of ether oxygens (including phenoxy) is 1. The molecule has 2 rings (SSSR count). The van der Waals surface area contributed by atoms with Crippen molar-refractivity contribution in [3.63, 3.8) is 0 Å². The van der Waals surface area contributed by atoms with Crippen molar-refractivity contribution in [3.8, 4) is 0 Å². The van der Waals surface area contributed by atoms with E-state index in [0.29, 0.717) is 35.5 Å². The van der Waals surface area contributed by atoms with Gasteiger partial charge in [-0.05, 0) is 37.5 Å². The molecule has 27 heavy (non-hydrogen) atoms. The van der Waals surface area contributed by atoms with Crippen LogP contribution in [0.15, 0.2) is 35.5 Å². The van der Waals surface area contributed by atoms with Crippen LogP contribution in [0.3, 0.4) is 0 Å². The normalized spacial score (nSPS) is 16.8. The highest BCUT2D eigenvalue weighted by Gasteiger charge is 2.35. The Morgan fingerprint density at radius 3 is 2.63 bits per heavy atom. The largest absolute Gasteiger partial charge is 0.466 e. The second kappa shape index (κ2) is 9.21. The highest BCUT2D eigenvalue weighted by atomic mass is 16.5. The molecule has 7 heteroatoms. The SMILES string of the molecule is CCCC(=O)Nc1cccc(C2NC(=O)N(CCC)C(C)=C2C(=O)OC)c1. The Labute approximate surface area is 159 Å². The van der Waals surface area contributed by atoms with Crippen LogP contribution < -0.4 is 10.6 Å². The zero-order valence-electron chi connectivity index (χ0n) is 16.3. The van der Waals surface area contributed by atoms with E-state index in [9.17, 15) is 14.4 Å². The van der Waals surface area contributed by atoms with Gasteiger partial charge in [-0.25, -0.2) is 9.59 Å². The van der Waals surface area contributed by atoms with Gasteiger partial charge in [-0.3, -0.25) is 9.69 Å². The monoisotopic (exact) mass is 373 g/mol. The van der Waals surface area contributed by atoms with Crippen molar-refractivity contribution in [3.05, 3.63) is 41.1 Å². The number of rotatable bonds is 7. The second-order valence-electron chi connectivity index (χ2n) is 6.45. The highest BCUT2D eigenvalue weighted by Crippen LogP contribution is 2.32. The number of benzene rings is 1. The van der Waals surface area contributed by atoms with E-state index in [4.69, 9.17) is 4.74 Å². The minimum absolute atomic E-state index is 0.0728. The molecule has 1 atom stereocenters. The Bertz CT molecular complexity index is 757. The molecule has 1 unspecified atom stereocenters. The number of hydrogen-bond donors (Lipinski definition) is 2. The van der Waals surface area contributed by atoms with E-state index in [1.54, 1.807) is 30.0 Å². The van der Waals surface area contributed by atoms with Crippen molar-refractivity contribution in [1.29, 1.82) is 0 Å². The Morgan fingerprint density at radius 2 is 2.00 bits per heavy atom. The number of esters is 1. The molecule has 0 fully saturated rings. The maximum atomic E-state index is 12.5. The molecular weight excluding hydrogens is 346 g/mol. The minimum atomic E-state index is -0.638. The molecule has 7 nitrogen and oxygen atoms in total. The molecule has 0 aromatic heterocycles. The minimum Gasteiger partial charge on any atom is -0.466 e. The number of nitrogens with zero attached hydrogens (tertiary/aromatic N) is 1. The summed E-state index contributed by atoms with van der Waals surface area (Å²) in [5, 5.41) is 5.72. The lowest BCUT2D eigenvalue weighted by atomic mass is 9.94. The summed E-state index contributed by atoms with van der Waals surface area (Å²) >= 11 is 0.